The first-order valence-electron chi connectivity index (χ1n) is 9.78. The minimum atomic E-state index is -3.85. The normalized spacial score (nSPS) is 11.2. The zero-order valence-corrected chi connectivity index (χ0v) is 19.5. The van der Waals surface area contributed by atoms with Gasteiger partial charge in [-0.2, -0.15) is 0 Å². The zero-order chi connectivity index (χ0) is 22.6. The van der Waals surface area contributed by atoms with Gasteiger partial charge in [-0.05, 0) is 68.7 Å². The summed E-state index contributed by atoms with van der Waals surface area (Å²) in [7, 11) is -2.31. The van der Waals surface area contributed by atoms with Gasteiger partial charge in [-0.25, -0.2) is 13.4 Å². The molecule has 0 unspecified atom stereocenters. The predicted molar refractivity (Wildman–Crippen MR) is 124 cm³/mol. The number of aromatic nitrogens is 1. The van der Waals surface area contributed by atoms with Crippen molar-refractivity contribution >= 4 is 38.6 Å². The van der Waals surface area contributed by atoms with Crippen LogP contribution in [0.4, 0.5) is 11.4 Å². The van der Waals surface area contributed by atoms with Gasteiger partial charge in [0.1, 0.15) is 10.6 Å². The lowest BCUT2D eigenvalue weighted by molar-refractivity contribution is 0.102. The summed E-state index contributed by atoms with van der Waals surface area (Å²) in [5, 5.41) is 3.71. The molecule has 1 aromatic heterocycles. The van der Waals surface area contributed by atoms with Crippen molar-refractivity contribution < 1.29 is 17.9 Å². The van der Waals surface area contributed by atoms with Crippen molar-refractivity contribution in [3.05, 3.63) is 63.6 Å². The number of nitrogens with one attached hydrogen (secondary N) is 2. The van der Waals surface area contributed by atoms with Crippen molar-refractivity contribution in [2.45, 2.75) is 38.5 Å². The van der Waals surface area contributed by atoms with Gasteiger partial charge >= 0.3 is 0 Å². The standard InChI is InChI=1S/C22H25N3O4S2/c1-5-6-20-23-15(3)21(30-20)22(26)24-17-8-7-14(2)19(13-17)31(27,28)25-16-9-11-18(29-4)12-10-16/h7-13,25H,5-6H2,1-4H3,(H,24,26). The summed E-state index contributed by atoms with van der Waals surface area (Å²) in [6.07, 6.45) is 1.77. The molecule has 1 heterocycles. The molecule has 3 aromatic rings. The van der Waals surface area contributed by atoms with Crippen molar-refractivity contribution in [3.63, 3.8) is 0 Å². The van der Waals surface area contributed by atoms with Gasteiger partial charge in [0, 0.05) is 11.4 Å². The van der Waals surface area contributed by atoms with E-state index >= 15 is 0 Å². The Morgan fingerprint density at radius 2 is 1.77 bits per heavy atom. The number of ether oxygens (including phenoxy) is 1. The Balaban J connectivity index is 1.82. The molecule has 0 aliphatic heterocycles. The van der Waals surface area contributed by atoms with Crippen molar-refractivity contribution in [1.82, 2.24) is 4.98 Å². The topological polar surface area (TPSA) is 97.4 Å². The number of sulfonamides is 1. The highest BCUT2D eigenvalue weighted by Crippen LogP contribution is 2.26. The van der Waals surface area contributed by atoms with Crippen LogP contribution in [-0.2, 0) is 16.4 Å². The highest BCUT2D eigenvalue weighted by atomic mass is 32.2. The van der Waals surface area contributed by atoms with Crippen LogP contribution < -0.4 is 14.8 Å². The second-order valence-electron chi connectivity index (χ2n) is 7.04. The van der Waals surface area contributed by atoms with Gasteiger partial charge in [0.05, 0.1) is 22.7 Å². The molecule has 31 heavy (non-hydrogen) atoms. The molecule has 0 aliphatic rings. The van der Waals surface area contributed by atoms with Gasteiger partial charge < -0.3 is 10.1 Å². The number of carbonyl (C=O) groups excluding carboxylic acids is 1. The van der Waals surface area contributed by atoms with Gasteiger partial charge in [-0.1, -0.05) is 13.0 Å². The average Bonchev–Trinajstić information content (AvgIpc) is 3.10. The van der Waals surface area contributed by atoms with Crippen molar-refractivity contribution in [1.29, 1.82) is 0 Å². The van der Waals surface area contributed by atoms with Crippen LogP contribution in [0.3, 0.4) is 0 Å². The summed E-state index contributed by atoms with van der Waals surface area (Å²) < 4.78 is 33.6. The SMILES string of the molecule is CCCc1nc(C)c(C(=O)Nc2ccc(C)c(S(=O)(=O)Nc3ccc(OC)cc3)c2)s1. The molecule has 0 fully saturated rings. The molecule has 0 spiro atoms. The molecule has 1 amide bonds. The number of amides is 1. The summed E-state index contributed by atoms with van der Waals surface area (Å²) in [6.45, 7) is 5.57. The molecule has 3 rings (SSSR count). The third kappa shape index (κ3) is 5.42. The molecule has 9 heteroatoms. The molecule has 0 saturated carbocycles. The number of aryl methyl sites for hydroxylation is 3. The Hall–Kier alpha value is -2.91. The average molecular weight is 460 g/mol. The highest BCUT2D eigenvalue weighted by molar-refractivity contribution is 7.92. The summed E-state index contributed by atoms with van der Waals surface area (Å²) >= 11 is 1.37. The number of hydrogen-bond donors (Lipinski definition) is 2. The lowest BCUT2D eigenvalue weighted by Crippen LogP contribution is -2.16. The number of anilines is 2. The smallest absolute Gasteiger partial charge is 0.267 e. The second kappa shape index (κ2) is 9.49. The van der Waals surface area contributed by atoms with E-state index in [1.165, 1.54) is 17.4 Å². The number of benzene rings is 2. The summed E-state index contributed by atoms with van der Waals surface area (Å²) in [6, 6.07) is 11.4. The summed E-state index contributed by atoms with van der Waals surface area (Å²) in [5.41, 5.74) is 2.05. The fourth-order valence-corrected chi connectivity index (χ4v) is 5.40. The predicted octanol–water partition coefficient (Wildman–Crippen LogP) is 4.77. The van der Waals surface area contributed by atoms with Crippen LogP contribution in [0.25, 0.3) is 0 Å². The Morgan fingerprint density at radius 1 is 1.10 bits per heavy atom. The fraction of sp³-hybridized carbons (Fsp3) is 0.273. The third-order valence-electron chi connectivity index (χ3n) is 4.59. The van der Waals surface area contributed by atoms with Crippen LogP contribution in [0.5, 0.6) is 5.75 Å². The summed E-state index contributed by atoms with van der Waals surface area (Å²) in [4.78, 5) is 17.8. The zero-order valence-electron chi connectivity index (χ0n) is 17.9. The quantitative estimate of drug-likeness (QED) is 0.505. The van der Waals surface area contributed by atoms with Crippen molar-refractivity contribution in [3.8, 4) is 5.75 Å². The van der Waals surface area contributed by atoms with Crippen LogP contribution >= 0.6 is 11.3 Å². The van der Waals surface area contributed by atoms with Crippen LogP contribution in [0.2, 0.25) is 0 Å². The first-order chi connectivity index (χ1) is 14.7. The Bertz CT molecular complexity index is 1190. The highest BCUT2D eigenvalue weighted by Gasteiger charge is 2.20. The number of hydrogen-bond acceptors (Lipinski definition) is 6. The lowest BCUT2D eigenvalue weighted by Gasteiger charge is -2.13. The first-order valence-corrected chi connectivity index (χ1v) is 12.1. The van der Waals surface area contributed by atoms with Crippen LogP contribution in [-0.4, -0.2) is 26.4 Å². The van der Waals surface area contributed by atoms with Crippen LogP contribution in [0.15, 0.2) is 47.4 Å². The van der Waals surface area contributed by atoms with E-state index in [0.717, 1.165) is 17.8 Å². The van der Waals surface area contributed by atoms with Gasteiger partial charge in [0.2, 0.25) is 0 Å². The molecule has 0 radical (unpaired) electrons. The molecule has 0 saturated heterocycles. The molecule has 0 aliphatic carbocycles. The van der Waals surface area contributed by atoms with Gasteiger partial charge in [0.15, 0.2) is 0 Å². The Morgan fingerprint density at radius 3 is 2.42 bits per heavy atom. The molecule has 0 atom stereocenters. The Labute approximate surface area is 186 Å². The number of thiazole rings is 1. The number of carbonyl (C=O) groups is 1. The van der Waals surface area contributed by atoms with E-state index in [-0.39, 0.29) is 10.8 Å². The molecule has 7 nitrogen and oxygen atoms in total. The minimum Gasteiger partial charge on any atom is -0.497 e. The monoisotopic (exact) mass is 459 g/mol. The second-order valence-corrected chi connectivity index (χ2v) is 9.77. The molecular weight excluding hydrogens is 434 g/mol. The van der Waals surface area contributed by atoms with Crippen molar-refractivity contribution in [2.24, 2.45) is 0 Å². The first kappa shape index (κ1) is 22.8. The van der Waals surface area contributed by atoms with Gasteiger partial charge in [-0.3, -0.25) is 9.52 Å². The third-order valence-corrected chi connectivity index (χ3v) is 7.33. The van der Waals surface area contributed by atoms with E-state index in [4.69, 9.17) is 4.74 Å². The van der Waals surface area contributed by atoms with E-state index in [0.29, 0.717) is 33.3 Å². The molecule has 164 valence electrons. The lowest BCUT2D eigenvalue weighted by atomic mass is 10.2. The van der Waals surface area contributed by atoms with Gasteiger partial charge in [0.25, 0.3) is 15.9 Å². The molecule has 0 bridgehead atoms. The van der Waals surface area contributed by atoms with E-state index in [1.54, 1.807) is 57.4 Å². The summed E-state index contributed by atoms with van der Waals surface area (Å²) in [5.74, 6) is 0.331. The number of nitrogens with zero attached hydrogens (tertiary/aromatic N) is 1. The van der Waals surface area contributed by atoms with Crippen LogP contribution in [0, 0.1) is 13.8 Å². The minimum absolute atomic E-state index is 0.0915. The number of methoxy groups -OCH3 is 1. The van der Waals surface area contributed by atoms with E-state index in [1.807, 2.05) is 0 Å². The maximum atomic E-state index is 13.0. The maximum absolute atomic E-state index is 13.0. The fourth-order valence-electron chi connectivity index (χ4n) is 3.01. The van der Waals surface area contributed by atoms with E-state index < -0.39 is 10.0 Å². The van der Waals surface area contributed by atoms with Crippen LogP contribution in [0.1, 0.15) is 39.3 Å². The van der Waals surface area contributed by atoms with E-state index in [9.17, 15) is 13.2 Å². The molecular formula is C22H25N3O4S2. The molecule has 2 N–H and O–H groups in total. The number of rotatable bonds is 8. The largest absolute Gasteiger partial charge is 0.497 e. The van der Waals surface area contributed by atoms with E-state index in [2.05, 4.69) is 21.9 Å². The molecule has 2 aromatic carbocycles. The maximum Gasteiger partial charge on any atom is 0.267 e. The Kier molecular flexibility index (Phi) is 6.97. The van der Waals surface area contributed by atoms with Crippen molar-refractivity contribution in [2.75, 3.05) is 17.1 Å². The van der Waals surface area contributed by atoms with Gasteiger partial charge in [-0.15, -0.1) is 11.3 Å².